The summed E-state index contributed by atoms with van der Waals surface area (Å²) in [7, 11) is 0. The van der Waals surface area contributed by atoms with Crippen LogP contribution in [-0.2, 0) is 4.79 Å². The minimum Gasteiger partial charge on any atom is -0.481 e. The van der Waals surface area contributed by atoms with Crippen LogP contribution < -0.4 is 10.1 Å². The van der Waals surface area contributed by atoms with Gasteiger partial charge in [-0.25, -0.2) is 0 Å². The van der Waals surface area contributed by atoms with E-state index >= 15 is 0 Å². The third kappa shape index (κ3) is 4.68. The number of ketones is 1. The molecule has 4 heteroatoms. The van der Waals surface area contributed by atoms with Crippen LogP contribution >= 0.6 is 0 Å². The average molecular weight is 277 g/mol. The minimum absolute atomic E-state index is 0.0235. The van der Waals surface area contributed by atoms with E-state index in [4.69, 9.17) is 4.74 Å². The number of carbonyl (C=O) groups is 2. The lowest BCUT2D eigenvalue weighted by molar-refractivity contribution is -0.128. The Morgan fingerprint density at radius 2 is 1.90 bits per heavy atom. The first-order chi connectivity index (χ1) is 9.47. The molecule has 1 aromatic rings. The molecule has 0 aliphatic rings. The number of amides is 1. The molecule has 0 heterocycles. The molecule has 110 valence electrons. The van der Waals surface area contributed by atoms with Crippen LogP contribution in [0.15, 0.2) is 24.3 Å². The van der Waals surface area contributed by atoms with Gasteiger partial charge in [-0.1, -0.05) is 26.0 Å². The van der Waals surface area contributed by atoms with E-state index in [2.05, 4.69) is 5.32 Å². The molecule has 0 aliphatic heterocycles. The fourth-order valence-electron chi connectivity index (χ4n) is 1.86. The second kappa shape index (κ2) is 7.68. The molecule has 1 unspecified atom stereocenters. The van der Waals surface area contributed by atoms with Crippen LogP contribution in [0, 0.1) is 0 Å². The Balaban J connectivity index is 2.65. The zero-order chi connectivity index (χ0) is 15.1. The average Bonchev–Trinajstić information content (AvgIpc) is 2.44. The van der Waals surface area contributed by atoms with Crippen molar-refractivity contribution in [3.8, 4) is 5.75 Å². The number of rotatable bonds is 7. The van der Waals surface area contributed by atoms with Crippen LogP contribution in [0.3, 0.4) is 0 Å². The van der Waals surface area contributed by atoms with Gasteiger partial charge in [-0.05, 0) is 38.8 Å². The molecular formula is C16H23NO3. The van der Waals surface area contributed by atoms with E-state index < -0.39 is 6.10 Å². The molecule has 1 N–H and O–H groups in total. The predicted molar refractivity (Wildman–Crippen MR) is 79.0 cm³/mol. The van der Waals surface area contributed by atoms with Crippen LogP contribution in [0.2, 0.25) is 0 Å². The molecule has 1 rings (SSSR count). The molecule has 1 amide bonds. The first-order valence-corrected chi connectivity index (χ1v) is 7.05. The quantitative estimate of drug-likeness (QED) is 0.780. The Kier molecular flexibility index (Phi) is 6.22. The van der Waals surface area contributed by atoms with Crippen molar-refractivity contribution >= 4 is 11.7 Å². The van der Waals surface area contributed by atoms with E-state index in [1.54, 1.807) is 31.2 Å². The van der Waals surface area contributed by atoms with Crippen LogP contribution in [0.4, 0.5) is 0 Å². The van der Waals surface area contributed by atoms with Gasteiger partial charge in [-0.3, -0.25) is 9.59 Å². The second-order valence-electron chi connectivity index (χ2n) is 4.87. The first kappa shape index (κ1) is 16.2. The number of carbonyl (C=O) groups excluding carboxylic acids is 2. The van der Waals surface area contributed by atoms with E-state index in [-0.39, 0.29) is 17.7 Å². The van der Waals surface area contributed by atoms with Crippen molar-refractivity contribution in [3.63, 3.8) is 0 Å². The monoisotopic (exact) mass is 277 g/mol. The summed E-state index contributed by atoms with van der Waals surface area (Å²) in [5.41, 5.74) is 0.579. The standard InChI is InChI=1S/C16H23NO3/c1-5-14(6-2)17-16(19)12(4)20-15-9-7-8-13(10-15)11(3)18/h7-10,12,14H,5-6H2,1-4H3,(H,17,19). The largest absolute Gasteiger partial charge is 0.481 e. The molecule has 0 saturated carbocycles. The number of benzene rings is 1. The van der Waals surface area contributed by atoms with E-state index in [1.165, 1.54) is 6.92 Å². The Bertz CT molecular complexity index is 467. The number of nitrogens with one attached hydrogen (secondary N) is 1. The maximum absolute atomic E-state index is 12.0. The zero-order valence-electron chi connectivity index (χ0n) is 12.6. The van der Waals surface area contributed by atoms with Crippen molar-refractivity contribution in [1.82, 2.24) is 5.32 Å². The SMILES string of the molecule is CCC(CC)NC(=O)C(C)Oc1cccc(C(C)=O)c1. The van der Waals surface area contributed by atoms with Gasteiger partial charge in [0.05, 0.1) is 0 Å². The van der Waals surface area contributed by atoms with Gasteiger partial charge in [-0.2, -0.15) is 0 Å². The summed E-state index contributed by atoms with van der Waals surface area (Å²) in [6.45, 7) is 7.28. The molecule has 0 radical (unpaired) electrons. The molecule has 0 bridgehead atoms. The lowest BCUT2D eigenvalue weighted by Crippen LogP contribution is -2.42. The summed E-state index contributed by atoms with van der Waals surface area (Å²) in [5.74, 6) is 0.376. The van der Waals surface area contributed by atoms with Crippen LogP contribution in [0.25, 0.3) is 0 Å². The molecule has 0 saturated heterocycles. The molecular weight excluding hydrogens is 254 g/mol. The number of ether oxygens (including phenoxy) is 1. The van der Waals surface area contributed by atoms with Gasteiger partial charge in [0.25, 0.3) is 5.91 Å². The normalized spacial score (nSPS) is 12.1. The zero-order valence-corrected chi connectivity index (χ0v) is 12.6. The topological polar surface area (TPSA) is 55.4 Å². The summed E-state index contributed by atoms with van der Waals surface area (Å²) in [4.78, 5) is 23.3. The van der Waals surface area contributed by atoms with Gasteiger partial charge in [0.1, 0.15) is 5.75 Å². The second-order valence-corrected chi connectivity index (χ2v) is 4.87. The van der Waals surface area contributed by atoms with Crippen molar-refractivity contribution in [2.24, 2.45) is 0 Å². The smallest absolute Gasteiger partial charge is 0.260 e. The van der Waals surface area contributed by atoms with Crippen molar-refractivity contribution in [2.45, 2.75) is 52.7 Å². The highest BCUT2D eigenvalue weighted by molar-refractivity contribution is 5.94. The number of hydrogen-bond donors (Lipinski definition) is 1. The van der Waals surface area contributed by atoms with E-state index in [0.717, 1.165) is 12.8 Å². The Hall–Kier alpha value is -1.84. The number of Topliss-reactive ketones (excluding diaryl/α,β-unsaturated/α-hetero) is 1. The van der Waals surface area contributed by atoms with E-state index in [9.17, 15) is 9.59 Å². The van der Waals surface area contributed by atoms with E-state index in [1.807, 2.05) is 13.8 Å². The molecule has 0 aromatic heterocycles. The summed E-state index contributed by atoms with van der Waals surface area (Å²) in [6, 6.07) is 7.05. The highest BCUT2D eigenvalue weighted by Crippen LogP contribution is 2.15. The maximum atomic E-state index is 12.0. The molecule has 1 atom stereocenters. The maximum Gasteiger partial charge on any atom is 0.260 e. The third-order valence-corrected chi connectivity index (χ3v) is 3.25. The van der Waals surface area contributed by atoms with E-state index in [0.29, 0.717) is 11.3 Å². The number of hydrogen-bond acceptors (Lipinski definition) is 3. The molecule has 0 fully saturated rings. The van der Waals surface area contributed by atoms with Gasteiger partial charge in [0, 0.05) is 11.6 Å². The summed E-state index contributed by atoms with van der Waals surface area (Å²) >= 11 is 0. The first-order valence-electron chi connectivity index (χ1n) is 7.05. The van der Waals surface area contributed by atoms with Gasteiger partial charge in [-0.15, -0.1) is 0 Å². The molecule has 1 aromatic carbocycles. The third-order valence-electron chi connectivity index (χ3n) is 3.25. The fourth-order valence-corrected chi connectivity index (χ4v) is 1.86. The lowest BCUT2D eigenvalue weighted by Gasteiger charge is -2.19. The molecule has 0 aliphatic carbocycles. The van der Waals surface area contributed by atoms with Gasteiger partial charge in [0.15, 0.2) is 11.9 Å². The molecule has 0 spiro atoms. The predicted octanol–water partition coefficient (Wildman–Crippen LogP) is 2.96. The highest BCUT2D eigenvalue weighted by Gasteiger charge is 2.17. The minimum atomic E-state index is -0.585. The van der Waals surface area contributed by atoms with Gasteiger partial charge in [0.2, 0.25) is 0 Å². The van der Waals surface area contributed by atoms with Crippen molar-refractivity contribution in [3.05, 3.63) is 29.8 Å². The van der Waals surface area contributed by atoms with Crippen molar-refractivity contribution in [1.29, 1.82) is 0 Å². The Morgan fingerprint density at radius 3 is 2.45 bits per heavy atom. The molecule has 4 nitrogen and oxygen atoms in total. The van der Waals surface area contributed by atoms with Crippen LogP contribution in [-0.4, -0.2) is 23.8 Å². The van der Waals surface area contributed by atoms with Crippen molar-refractivity contribution < 1.29 is 14.3 Å². The van der Waals surface area contributed by atoms with Gasteiger partial charge >= 0.3 is 0 Å². The Labute approximate surface area is 120 Å². The van der Waals surface area contributed by atoms with Crippen molar-refractivity contribution in [2.75, 3.05) is 0 Å². The summed E-state index contributed by atoms with van der Waals surface area (Å²) in [6.07, 6.45) is 1.21. The molecule has 20 heavy (non-hydrogen) atoms. The van der Waals surface area contributed by atoms with Gasteiger partial charge < -0.3 is 10.1 Å². The summed E-state index contributed by atoms with van der Waals surface area (Å²) < 4.78 is 5.59. The Morgan fingerprint density at radius 1 is 1.25 bits per heavy atom. The fraction of sp³-hybridized carbons (Fsp3) is 0.500. The highest BCUT2D eigenvalue weighted by atomic mass is 16.5. The summed E-state index contributed by atoms with van der Waals surface area (Å²) in [5, 5.41) is 2.94. The van der Waals surface area contributed by atoms with Crippen LogP contribution in [0.5, 0.6) is 5.75 Å². The van der Waals surface area contributed by atoms with Crippen LogP contribution in [0.1, 0.15) is 50.9 Å². The lowest BCUT2D eigenvalue weighted by atomic mass is 10.1.